The van der Waals surface area contributed by atoms with Crippen molar-refractivity contribution < 1.29 is 4.79 Å². The second kappa shape index (κ2) is 8.60. The predicted octanol–water partition coefficient (Wildman–Crippen LogP) is 2.92. The third kappa shape index (κ3) is 3.99. The van der Waals surface area contributed by atoms with Gasteiger partial charge < -0.3 is 5.32 Å². The van der Waals surface area contributed by atoms with E-state index in [0.717, 1.165) is 46.2 Å². The molecule has 4 rings (SSSR count). The molecule has 30 heavy (non-hydrogen) atoms. The Morgan fingerprint density at radius 2 is 1.83 bits per heavy atom. The van der Waals surface area contributed by atoms with Crippen molar-refractivity contribution in [1.29, 1.82) is 0 Å². The molecule has 2 heterocycles. The Kier molecular flexibility index (Phi) is 5.90. The highest BCUT2D eigenvalue weighted by Crippen LogP contribution is 2.34. The Morgan fingerprint density at radius 1 is 1.10 bits per heavy atom. The van der Waals surface area contributed by atoms with Gasteiger partial charge in [-0.15, -0.1) is 11.3 Å². The molecule has 0 bridgehead atoms. The fourth-order valence-corrected chi connectivity index (χ4v) is 5.35. The molecular weight excluding hydrogens is 398 g/mol. The molecule has 0 saturated heterocycles. The summed E-state index contributed by atoms with van der Waals surface area (Å²) in [6.07, 6.45) is 3.95. The van der Waals surface area contributed by atoms with E-state index in [1.165, 1.54) is 4.88 Å². The summed E-state index contributed by atoms with van der Waals surface area (Å²) in [6, 6.07) is 9.75. The second-order valence-corrected chi connectivity index (χ2v) is 9.42. The van der Waals surface area contributed by atoms with Crippen LogP contribution in [0.5, 0.6) is 0 Å². The maximum absolute atomic E-state index is 13.3. The van der Waals surface area contributed by atoms with Crippen LogP contribution in [-0.4, -0.2) is 21.6 Å². The molecule has 7 heteroatoms. The maximum atomic E-state index is 13.3. The molecule has 0 saturated carbocycles. The van der Waals surface area contributed by atoms with Gasteiger partial charge in [-0.2, -0.15) is 0 Å². The minimum absolute atomic E-state index is 0.250. The van der Waals surface area contributed by atoms with Crippen LogP contribution in [0, 0.1) is 5.92 Å². The van der Waals surface area contributed by atoms with E-state index in [2.05, 4.69) is 5.32 Å². The van der Waals surface area contributed by atoms with Crippen molar-refractivity contribution in [2.24, 2.45) is 5.92 Å². The normalized spacial score (nSPS) is 13.6. The van der Waals surface area contributed by atoms with Crippen LogP contribution in [-0.2, 0) is 30.7 Å². The van der Waals surface area contributed by atoms with Gasteiger partial charge in [-0.05, 0) is 42.7 Å². The van der Waals surface area contributed by atoms with Crippen molar-refractivity contribution in [2.75, 3.05) is 6.54 Å². The number of rotatable bonds is 6. The molecule has 0 aliphatic heterocycles. The number of amides is 1. The highest BCUT2D eigenvalue weighted by Gasteiger charge is 2.24. The molecule has 1 aromatic carbocycles. The first-order valence-corrected chi connectivity index (χ1v) is 11.4. The van der Waals surface area contributed by atoms with E-state index in [1.54, 1.807) is 15.9 Å². The summed E-state index contributed by atoms with van der Waals surface area (Å²) in [5, 5.41) is 3.44. The molecule has 1 aliphatic carbocycles. The molecule has 0 radical (unpaired) electrons. The van der Waals surface area contributed by atoms with Gasteiger partial charge in [0.15, 0.2) is 0 Å². The van der Waals surface area contributed by atoms with Gasteiger partial charge in [-0.25, -0.2) is 4.79 Å². The van der Waals surface area contributed by atoms with E-state index in [4.69, 9.17) is 0 Å². The zero-order valence-electron chi connectivity index (χ0n) is 17.4. The molecular formula is C23H27N3O3S. The van der Waals surface area contributed by atoms with Gasteiger partial charge in [0, 0.05) is 11.4 Å². The number of carbonyl (C=O) groups is 1. The Bertz CT molecular complexity index is 1190. The van der Waals surface area contributed by atoms with E-state index in [9.17, 15) is 14.4 Å². The molecule has 6 nitrogen and oxygen atoms in total. The summed E-state index contributed by atoms with van der Waals surface area (Å²) in [4.78, 5) is 41.1. The smallest absolute Gasteiger partial charge is 0.332 e. The summed E-state index contributed by atoms with van der Waals surface area (Å²) < 4.78 is 2.79. The number of hydrogen-bond acceptors (Lipinski definition) is 4. The number of aryl methyl sites for hydroxylation is 2. The fraction of sp³-hybridized carbons (Fsp3) is 0.435. The van der Waals surface area contributed by atoms with Crippen molar-refractivity contribution in [1.82, 2.24) is 14.5 Å². The maximum Gasteiger partial charge on any atom is 0.332 e. The number of nitrogens with one attached hydrogen (secondary N) is 1. The number of hydrogen-bond donors (Lipinski definition) is 1. The minimum Gasteiger partial charge on any atom is -0.354 e. The molecule has 1 N–H and O–H groups in total. The first kappa shape index (κ1) is 20.6. The number of fused-ring (bicyclic) bond motifs is 3. The van der Waals surface area contributed by atoms with Crippen molar-refractivity contribution in [3.8, 4) is 0 Å². The van der Waals surface area contributed by atoms with Gasteiger partial charge in [0.05, 0.1) is 11.9 Å². The van der Waals surface area contributed by atoms with Crippen LogP contribution in [0.3, 0.4) is 0 Å². The molecule has 1 aliphatic rings. The number of thiophene rings is 1. The summed E-state index contributed by atoms with van der Waals surface area (Å²) in [5.41, 5.74) is 1.30. The summed E-state index contributed by atoms with van der Waals surface area (Å²) >= 11 is 1.56. The Morgan fingerprint density at radius 3 is 2.57 bits per heavy atom. The van der Waals surface area contributed by atoms with Crippen LogP contribution >= 0.6 is 11.3 Å². The van der Waals surface area contributed by atoms with Crippen molar-refractivity contribution in [3.05, 3.63) is 67.2 Å². The molecule has 1 amide bonds. The average Bonchev–Trinajstić information content (AvgIpc) is 3.13. The number of carbonyl (C=O) groups excluding carboxylic acids is 1. The molecule has 0 atom stereocenters. The van der Waals surface area contributed by atoms with Gasteiger partial charge in [-0.1, -0.05) is 44.2 Å². The second-order valence-electron chi connectivity index (χ2n) is 8.33. The molecule has 0 fully saturated rings. The Balaban J connectivity index is 1.85. The monoisotopic (exact) mass is 425 g/mol. The fourth-order valence-electron chi connectivity index (χ4n) is 3.98. The highest BCUT2D eigenvalue weighted by atomic mass is 32.1. The van der Waals surface area contributed by atoms with Crippen LogP contribution in [0.2, 0.25) is 0 Å². The number of nitrogens with zero attached hydrogens (tertiary/aromatic N) is 2. The van der Waals surface area contributed by atoms with E-state index >= 15 is 0 Å². The van der Waals surface area contributed by atoms with E-state index in [1.807, 2.05) is 44.2 Å². The SMILES string of the molecule is CC(C)CNC(=O)Cn1c(=O)c2c3c(sc2n(Cc2ccccc2)c1=O)CCCC3. The third-order valence-electron chi connectivity index (χ3n) is 5.51. The van der Waals surface area contributed by atoms with Crippen LogP contribution in [0.4, 0.5) is 0 Å². The largest absolute Gasteiger partial charge is 0.354 e. The van der Waals surface area contributed by atoms with Crippen LogP contribution in [0.1, 0.15) is 42.7 Å². The van der Waals surface area contributed by atoms with Crippen LogP contribution in [0.25, 0.3) is 10.2 Å². The molecule has 0 unspecified atom stereocenters. The summed E-state index contributed by atoms with van der Waals surface area (Å²) in [5.74, 6) is -0.00982. The lowest BCUT2D eigenvalue weighted by molar-refractivity contribution is -0.121. The lowest BCUT2D eigenvalue weighted by Gasteiger charge is -2.14. The summed E-state index contributed by atoms with van der Waals surface area (Å²) in [7, 11) is 0. The lowest BCUT2D eigenvalue weighted by atomic mass is 9.97. The Hall–Kier alpha value is -2.67. The third-order valence-corrected chi connectivity index (χ3v) is 6.83. The van der Waals surface area contributed by atoms with Gasteiger partial charge in [0.25, 0.3) is 5.56 Å². The zero-order valence-corrected chi connectivity index (χ0v) is 18.3. The number of aromatic nitrogens is 2. The van der Waals surface area contributed by atoms with E-state index in [-0.39, 0.29) is 18.0 Å². The molecule has 0 spiro atoms. The van der Waals surface area contributed by atoms with Gasteiger partial charge in [-0.3, -0.25) is 18.7 Å². The Labute approximate surface area is 179 Å². The standard InChI is InChI=1S/C23H27N3O3S/c1-15(2)12-24-19(27)14-25-21(28)20-17-10-6-7-11-18(17)30-22(20)26(23(25)29)13-16-8-4-3-5-9-16/h3-5,8-9,15H,6-7,10-14H2,1-2H3,(H,24,27). The van der Waals surface area contributed by atoms with E-state index < -0.39 is 5.69 Å². The topological polar surface area (TPSA) is 73.1 Å². The van der Waals surface area contributed by atoms with Gasteiger partial charge >= 0.3 is 5.69 Å². The molecule has 3 aromatic rings. The average molecular weight is 426 g/mol. The van der Waals surface area contributed by atoms with Crippen LogP contribution < -0.4 is 16.6 Å². The predicted molar refractivity (Wildman–Crippen MR) is 120 cm³/mol. The van der Waals surface area contributed by atoms with Crippen molar-refractivity contribution >= 4 is 27.5 Å². The highest BCUT2D eigenvalue weighted by molar-refractivity contribution is 7.18. The first-order chi connectivity index (χ1) is 14.5. The molecule has 2 aromatic heterocycles. The van der Waals surface area contributed by atoms with Crippen molar-refractivity contribution in [3.63, 3.8) is 0 Å². The lowest BCUT2D eigenvalue weighted by Crippen LogP contribution is -2.44. The first-order valence-electron chi connectivity index (χ1n) is 10.5. The zero-order chi connectivity index (χ0) is 21.3. The van der Waals surface area contributed by atoms with E-state index in [0.29, 0.717) is 24.4 Å². The summed E-state index contributed by atoms with van der Waals surface area (Å²) in [6.45, 7) is 4.65. The number of benzene rings is 1. The van der Waals surface area contributed by atoms with Crippen LogP contribution in [0.15, 0.2) is 39.9 Å². The quantitative estimate of drug-likeness (QED) is 0.660. The van der Waals surface area contributed by atoms with Crippen molar-refractivity contribution in [2.45, 2.75) is 52.6 Å². The van der Waals surface area contributed by atoms with Gasteiger partial charge in [0.2, 0.25) is 5.91 Å². The molecule has 158 valence electrons. The minimum atomic E-state index is -0.422. The van der Waals surface area contributed by atoms with Gasteiger partial charge in [0.1, 0.15) is 11.4 Å².